The number of benzene rings is 1. The molecule has 0 fully saturated rings. The van der Waals surface area contributed by atoms with Gasteiger partial charge in [0.2, 0.25) is 5.91 Å². The molecular formula is C18H26N2O3. The average Bonchev–Trinajstić information content (AvgIpc) is 2.54. The number of amides is 2. The normalized spacial score (nSPS) is 15.0. The minimum atomic E-state index is -0.0976. The fourth-order valence-corrected chi connectivity index (χ4v) is 2.87. The molecule has 0 unspecified atom stereocenters. The molecule has 1 aliphatic rings. The highest BCUT2D eigenvalue weighted by molar-refractivity contribution is 5.99. The van der Waals surface area contributed by atoms with Gasteiger partial charge in [0.15, 0.2) is 0 Å². The van der Waals surface area contributed by atoms with Gasteiger partial charge >= 0.3 is 0 Å². The summed E-state index contributed by atoms with van der Waals surface area (Å²) in [6.07, 6.45) is 2.71. The van der Waals surface area contributed by atoms with Crippen LogP contribution in [-0.4, -0.2) is 31.1 Å². The predicted octanol–water partition coefficient (Wildman–Crippen LogP) is 3.05. The number of hydrogen-bond acceptors (Lipinski definition) is 3. The molecule has 1 aromatic rings. The van der Waals surface area contributed by atoms with Crippen molar-refractivity contribution in [1.82, 2.24) is 0 Å². The van der Waals surface area contributed by atoms with Crippen molar-refractivity contribution in [2.45, 2.75) is 53.1 Å². The van der Waals surface area contributed by atoms with E-state index in [4.69, 9.17) is 4.74 Å². The van der Waals surface area contributed by atoms with Crippen LogP contribution in [0.2, 0.25) is 0 Å². The minimum Gasteiger partial charge on any atom is -0.369 e. The lowest BCUT2D eigenvalue weighted by Crippen LogP contribution is -2.39. The summed E-state index contributed by atoms with van der Waals surface area (Å²) in [4.78, 5) is 25.8. The molecule has 1 aliphatic heterocycles. The molecule has 0 aromatic heterocycles. The minimum absolute atomic E-state index is 0.0191. The number of aryl methyl sites for hydroxylation is 1. The van der Waals surface area contributed by atoms with E-state index >= 15 is 0 Å². The van der Waals surface area contributed by atoms with Crippen LogP contribution >= 0.6 is 0 Å². The number of nitrogens with one attached hydrogen (secondary N) is 1. The van der Waals surface area contributed by atoms with Crippen LogP contribution in [0, 0.1) is 6.92 Å². The van der Waals surface area contributed by atoms with E-state index in [-0.39, 0.29) is 24.5 Å². The lowest BCUT2D eigenvalue weighted by molar-refractivity contribution is -0.125. The number of carbonyl (C=O) groups is 2. The Kier molecular flexibility index (Phi) is 5.77. The highest BCUT2D eigenvalue weighted by atomic mass is 16.5. The molecule has 0 aliphatic carbocycles. The number of rotatable bonds is 5. The summed E-state index contributed by atoms with van der Waals surface area (Å²) < 4.78 is 5.59. The smallest absolute Gasteiger partial charge is 0.253 e. The molecule has 1 N–H and O–H groups in total. The molecule has 0 saturated carbocycles. The zero-order valence-electron chi connectivity index (χ0n) is 14.4. The number of hydrogen-bond donors (Lipinski definition) is 1. The number of fused-ring (bicyclic) bond motifs is 1. The second-order valence-corrected chi connectivity index (χ2v) is 6.12. The highest BCUT2D eigenvalue weighted by Crippen LogP contribution is 2.36. The second-order valence-electron chi connectivity index (χ2n) is 6.12. The molecule has 23 heavy (non-hydrogen) atoms. The second kappa shape index (κ2) is 7.59. The van der Waals surface area contributed by atoms with Crippen LogP contribution in [0.25, 0.3) is 0 Å². The molecule has 5 nitrogen and oxygen atoms in total. The van der Waals surface area contributed by atoms with Gasteiger partial charge in [0.25, 0.3) is 5.91 Å². The Morgan fingerprint density at radius 2 is 2.13 bits per heavy atom. The van der Waals surface area contributed by atoms with Crippen molar-refractivity contribution < 1.29 is 14.3 Å². The monoisotopic (exact) mass is 318 g/mol. The van der Waals surface area contributed by atoms with Crippen LogP contribution < -0.4 is 10.2 Å². The maximum atomic E-state index is 12.6. The van der Waals surface area contributed by atoms with Gasteiger partial charge < -0.3 is 15.0 Å². The van der Waals surface area contributed by atoms with Crippen LogP contribution in [0.5, 0.6) is 0 Å². The number of anilines is 2. The zero-order valence-corrected chi connectivity index (χ0v) is 14.4. The van der Waals surface area contributed by atoms with Gasteiger partial charge in [-0.2, -0.15) is 0 Å². The van der Waals surface area contributed by atoms with Crippen molar-refractivity contribution in [3.63, 3.8) is 0 Å². The lowest BCUT2D eigenvalue weighted by Gasteiger charge is -2.32. The van der Waals surface area contributed by atoms with Crippen molar-refractivity contribution in [2.75, 3.05) is 23.4 Å². The zero-order chi connectivity index (χ0) is 17.0. The van der Waals surface area contributed by atoms with Crippen molar-refractivity contribution in [1.29, 1.82) is 0 Å². The van der Waals surface area contributed by atoms with Crippen molar-refractivity contribution in [2.24, 2.45) is 0 Å². The third kappa shape index (κ3) is 4.10. The van der Waals surface area contributed by atoms with Crippen LogP contribution in [-0.2, 0) is 20.7 Å². The maximum absolute atomic E-state index is 12.6. The Labute approximate surface area is 138 Å². The van der Waals surface area contributed by atoms with Crippen molar-refractivity contribution in [3.05, 3.63) is 23.3 Å². The third-order valence-corrected chi connectivity index (χ3v) is 4.24. The van der Waals surface area contributed by atoms with E-state index < -0.39 is 0 Å². The quantitative estimate of drug-likeness (QED) is 0.908. The van der Waals surface area contributed by atoms with E-state index in [1.54, 1.807) is 0 Å². The summed E-state index contributed by atoms with van der Waals surface area (Å²) in [6, 6.07) is 3.87. The number of ether oxygens (including phenoxy) is 1. The van der Waals surface area contributed by atoms with Gasteiger partial charge in [0, 0.05) is 19.2 Å². The molecule has 0 saturated heterocycles. The molecule has 2 amide bonds. The first-order valence-electron chi connectivity index (χ1n) is 8.26. The Hall–Kier alpha value is -1.88. The van der Waals surface area contributed by atoms with E-state index in [0.717, 1.165) is 41.8 Å². The maximum Gasteiger partial charge on any atom is 0.253 e. The highest BCUT2D eigenvalue weighted by Gasteiger charge is 2.26. The standard InChI is InChI=1S/C18H26N2O3/c1-5-13(3)23-11-17(22)20-10-6-7-15-16(19-14(4)21)9-8-12(2)18(15)20/h8-9,13H,5-7,10-11H2,1-4H3,(H,19,21)/t13-/m1/s1. The van der Waals surface area contributed by atoms with Crippen LogP contribution in [0.15, 0.2) is 12.1 Å². The SMILES string of the molecule is CC[C@@H](C)OCC(=O)N1CCCc2c(NC(C)=O)ccc(C)c21. The number of carbonyl (C=O) groups excluding carboxylic acids is 2. The first kappa shape index (κ1) is 17.5. The van der Waals surface area contributed by atoms with E-state index in [0.29, 0.717) is 6.54 Å². The summed E-state index contributed by atoms with van der Waals surface area (Å²) in [6.45, 7) is 8.29. The van der Waals surface area contributed by atoms with Crippen LogP contribution in [0.1, 0.15) is 44.7 Å². The fourth-order valence-electron chi connectivity index (χ4n) is 2.87. The predicted molar refractivity (Wildman–Crippen MR) is 91.9 cm³/mol. The van der Waals surface area contributed by atoms with Gasteiger partial charge in [-0.1, -0.05) is 13.0 Å². The molecule has 0 spiro atoms. The van der Waals surface area contributed by atoms with Crippen LogP contribution in [0.4, 0.5) is 11.4 Å². The Morgan fingerprint density at radius 3 is 2.78 bits per heavy atom. The van der Waals surface area contributed by atoms with Crippen molar-refractivity contribution in [3.8, 4) is 0 Å². The van der Waals surface area contributed by atoms with E-state index in [1.807, 2.05) is 37.8 Å². The van der Waals surface area contributed by atoms with Crippen LogP contribution in [0.3, 0.4) is 0 Å². The Bertz CT molecular complexity index is 598. The third-order valence-electron chi connectivity index (χ3n) is 4.24. The molecule has 0 bridgehead atoms. The topological polar surface area (TPSA) is 58.6 Å². The molecule has 1 atom stereocenters. The molecular weight excluding hydrogens is 292 g/mol. The molecule has 5 heteroatoms. The van der Waals surface area contributed by atoms with Gasteiger partial charge in [0.1, 0.15) is 6.61 Å². The largest absolute Gasteiger partial charge is 0.369 e. The molecule has 1 heterocycles. The van der Waals surface area contributed by atoms with Gasteiger partial charge in [0.05, 0.1) is 11.8 Å². The lowest BCUT2D eigenvalue weighted by atomic mass is 9.96. The number of nitrogens with zero attached hydrogens (tertiary/aromatic N) is 1. The van der Waals surface area contributed by atoms with Gasteiger partial charge in [-0.25, -0.2) is 0 Å². The first-order chi connectivity index (χ1) is 10.9. The first-order valence-corrected chi connectivity index (χ1v) is 8.26. The molecule has 0 radical (unpaired) electrons. The Morgan fingerprint density at radius 1 is 1.39 bits per heavy atom. The summed E-state index contributed by atoms with van der Waals surface area (Å²) >= 11 is 0. The van der Waals surface area contributed by atoms with E-state index in [1.165, 1.54) is 6.92 Å². The molecule has 2 rings (SSSR count). The summed E-state index contributed by atoms with van der Waals surface area (Å²) in [5.41, 5.74) is 3.83. The summed E-state index contributed by atoms with van der Waals surface area (Å²) in [5.74, 6) is -0.117. The summed E-state index contributed by atoms with van der Waals surface area (Å²) in [7, 11) is 0. The van der Waals surface area contributed by atoms with Crippen molar-refractivity contribution >= 4 is 23.2 Å². The van der Waals surface area contributed by atoms with E-state index in [2.05, 4.69) is 5.32 Å². The average molecular weight is 318 g/mol. The molecule has 1 aromatic carbocycles. The molecule has 126 valence electrons. The van der Waals surface area contributed by atoms with Gasteiger partial charge in [-0.05, 0) is 50.3 Å². The van der Waals surface area contributed by atoms with Gasteiger partial charge in [-0.3, -0.25) is 9.59 Å². The summed E-state index contributed by atoms with van der Waals surface area (Å²) in [5, 5.41) is 2.87. The van der Waals surface area contributed by atoms with Gasteiger partial charge in [-0.15, -0.1) is 0 Å². The fraction of sp³-hybridized carbons (Fsp3) is 0.556. The van der Waals surface area contributed by atoms with E-state index in [9.17, 15) is 9.59 Å². The Balaban J connectivity index is 2.27.